The van der Waals surface area contributed by atoms with Crippen LogP contribution in [-0.4, -0.2) is 33.5 Å². The van der Waals surface area contributed by atoms with Gasteiger partial charge in [-0.2, -0.15) is 0 Å². The summed E-state index contributed by atoms with van der Waals surface area (Å²) in [5.41, 5.74) is 2.86. The van der Waals surface area contributed by atoms with Gasteiger partial charge in [-0.15, -0.1) is 0 Å². The highest BCUT2D eigenvalue weighted by atomic mass is 16.6. The van der Waals surface area contributed by atoms with Crippen molar-refractivity contribution in [2.75, 3.05) is 6.54 Å². The van der Waals surface area contributed by atoms with E-state index in [0.29, 0.717) is 18.5 Å². The van der Waals surface area contributed by atoms with Crippen LogP contribution in [0.5, 0.6) is 0 Å². The molecule has 0 bridgehead atoms. The molecule has 2 amide bonds. The molecule has 158 valence electrons. The highest BCUT2D eigenvalue weighted by molar-refractivity contribution is 5.87. The van der Waals surface area contributed by atoms with E-state index >= 15 is 0 Å². The fourth-order valence-corrected chi connectivity index (χ4v) is 3.01. The summed E-state index contributed by atoms with van der Waals surface area (Å²) < 4.78 is 7.27. The Morgan fingerprint density at radius 2 is 1.87 bits per heavy atom. The number of carbonyl (C=O) groups is 2. The van der Waals surface area contributed by atoms with E-state index in [4.69, 9.17) is 4.74 Å². The van der Waals surface area contributed by atoms with Crippen LogP contribution in [0.15, 0.2) is 54.9 Å². The van der Waals surface area contributed by atoms with Crippen LogP contribution in [0.1, 0.15) is 43.6 Å². The number of amides is 2. The third kappa shape index (κ3) is 5.83. The molecule has 1 aromatic carbocycles. The fraction of sp³-hybridized carbons (Fsp3) is 0.348. The first-order chi connectivity index (χ1) is 14.2. The second-order valence-electron chi connectivity index (χ2n) is 8.23. The van der Waals surface area contributed by atoms with Crippen LogP contribution in [-0.2, 0) is 16.0 Å². The van der Waals surface area contributed by atoms with E-state index in [1.54, 1.807) is 20.8 Å². The molecule has 30 heavy (non-hydrogen) atoms. The second kappa shape index (κ2) is 8.98. The molecule has 0 saturated heterocycles. The molecule has 3 rings (SSSR count). The number of nitrogens with zero attached hydrogens (tertiary/aromatic N) is 2. The molecule has 0 aliphatic rings. The Balaban J connectivity index is 1.66. The van der Waals surface area contributed by atoms with Gasteiger partial charge in [-0.3, -0.25) is 4.79 Å². The Morgan fingerprint density at radius 1 is 1.13 bits per heavy atom. The topological polar surface area (TPSA) is 84.7 Å². The van der Waals surface area contributed by atoms with Gasteiger partial charge in [-0.05, 0) is 45.4 Å². The summed E-state index contributed by atoms with van der Waals surface area (Å²) in [6.45, 7) is 7.71. The van der Waals surface area contributed by atoms with Crippen molar-refractivity contribution in [1.82, 2.24) is 20.0 Å². The van der Waals surface area contributed by atoms with Crippen LogP contribution >= 0.6 is 0 Å². The highest BCUT2D eigenvalue weighted by Gasteiger charge is 2.25. The van der Waals surface area contributed by atoms with Crippen molar-refractivity contribution in [3.8, 4) is 0 Å². The summed E-state index contributed by atoms with van der Waals surface area (Å²) >= 11 is 0. The Bertz CT molecular complexity index is 986. The lowest BCUT2D eigenvalue weighted by atomic mass is 10.0. The Morgan fingerprint density at radius 3 is 2.53 bits per heavy atom. The summed E-state index contributed by atoms with van der Waals surface area (Å²) in [7, 11) is 0. The molecule has 2 N–H and O–H groups in total. The van der Waals surface area contributed by atoms with Crippen LogP contribution < -0.4 is 10.6 Å². The van der Waals surface area contributed by atoms with Crippen molar-refractivity contribution in [1.29, 1.82) is 0 Å². The Hall–Kier alpha value is -3.35. The monoisotopic (exact) mass is 408 g/mol. The van der Waals surface area contributed by atoms with Gasteiger partial charge < -0.3 is 19.8 Å². The molecule has 1 atom stereocenters. The molecule has 0 aliphatic carbocycles. The van der Waals surface area contributed by atoms with Crippen LogP contribution in [0, 0.1) is 6.92 Å². The molecule has 2 heterocycles. The lowest BCUT2D eigenvalue weighted by Crippen LogP contribution is -2.43. The van der Waals surface area contributed by atoms with E-state index in [-0.39, 0.29) is 5.91 Å². The molecule has 2 aromatic heterocycles. The lowest BCUT2D eigenvalue weighted by molar-refractivity contribution is -0.123. The average Bonchev–Trinajstić information content (AvgIpc) is 3.08. The summed E-state index contributed by atoms with van der Waals surface area (Å²) in [5, 5.41) is 5.58. The molecule has 0 fully saturated rings. The first-order valence-electron chi connectivity index (χ1n) is 9.98. The highest BCUT2D eigenvalue weighted by Crippen LogP contribution is 2.16. The number of alkyl carbamates (subject to hydrolysis) is 1. The molecule has 3 aromatic rings. The van der Waals surface area contributed by atoms with Gasteiger partial charge in [-0.1, -0.05) is 35.9 Å². The number of hydrogen-bond acceptors (Lipinski definition) is 4. The van der Waals surface area contributed by atoms with Crippen LogP contribution in [0.3, 0.4) is 0 Å². The summed E-state index contributed by atoms with van der Waals surface area (Å²) in [6, 6.07) is 12.4. The van der Waals surface area contributed by atoms with E-state index in [2.05, 4.69) is 15.6 Å². The minimum absolute atomic E-state index is 0.298. The van der Waals surface area contributed by atoms with Gasteiger partial charge in [-0.25, -0.2) is 9.78 Å². The van der Waals surface area contributed by atoms with Crippen molar-refractivity contribution in [2.45, 2.75) is 45.8 Å². The Kier molecular flexibility index (Phi) is 6.40. The number of rotatable bonds is 6. The van der Waals surface area contributed by atoms with E-state index in [0.717, 1.165) is 16.9 Å². The molecule has 1 unspecified atom stereocenters. The summed E-state index contributed by atoms with van der Waals surface area (Å²) in [4.78, 5) is 29.7. The van der Waals surface area contributed by atoms with Gasteiger partial charge >= 0.3 is 6.09 Å². The van der Waals surface area contributed by atoms with Crippen molar-refractivity contribution in [3.05, 3.63) is 71.7 Å². The fourth-order valence-electron chi connectivity index (χ4n) is 3.01. The van der Waals surface area contributed by atoms with Gasteiger partial charge in [0.25, 0.3) is 0 Å². The van der Waals surface area contributed by atoms with Crippen LogP contribution in [0.25, 0.3) is 5.65 Å². The largest absolute Gasteiger partial charge is 0.444 e. The average molecular weight is 409 g/mol. The minimum Gasteiger partial charge on any atom is -0.444 e. The molecule has 0 aliphatic heterocycles. The standard InChI is InChI=1S/C23H28N4O3/c1-16-8-10-17(11-9-16)20(26-22(29)30-23(2,3)4)21(28)24-13-12-18-15-27-14-6-5-7-19(27)25-18/h5-11,14-15,20H,12-13H2,1-4H3,(H,24,28)(H,26,29). The predicted octanol–water partition coefficient (Wildman–Crippen LogP) is 3.57. The number of aryl methyl sites for hydroxylation is 1. The van der Waals surface area contributed by atoms with Crippen LogP contribution in [0.4, 0.5) is 4.79 Å². The zero-order chi connectivity index (χ0) is 21.7. The van der Waals surface area contributed by atoms with Crippen molar-refractivity contribution < 1.29 is 14.3 Å². The van der Waals surface area contributed by atoms with E-state index < -0.39 is 17.7 Å². The summed E-state index contributed by atoms with van der Waals surface area (Å²) in [6.07, 6.45) is 3.82. The maximum absolute atomic E-state index is 12.9. The van der Waals surface area contributed by atoms with E-state index in [1.807, 2.05) is 66.2 Å². The summed E-state index contributed by atoms with van der Waals surface area (Å²) in [5.74, 6) is -0.298. The van der Waals surface area contributed by atoms with Crippen molar-refractivity contribution in [2.24, 2.45) is 0 Å². The first kappa shape index (κ1) is 21.4. The SMILES string of the molecule is Cc1ccc(C(NC(=O)OC(C)(C)C)C(=O)NCCc2cn3ccccc3n2)cc1. The molecular weight excluding hydrogens is 380 g/mol. The van der Waals surface area contributed by atoms with Gasteiger partial charge in [0.15, 0.2) is 0 Å². The molecule has 7 nitrogen and oxygen atoms in total. The number of aromatic nitrogens is 2. The lowest BCUT2D eigenvalue weighted by Gasteiger charge is -2.23. The number of fused-ring (bicyclic) bond motifs is 1. The number of hydrogen-bond donors (Lipinski definition) is 2. The normalized spacial score (nSPS) is 12.4. The number of carbonyl (C=O) groups excluding carboxylic acids is 2. The maximum atomic E-state index is 12.9. The number of pyridine rings is 1. The number of benzene rings is 1. The van der Waals surface area contributed by atoms with Gasteiger partial charge in [0.1, 0.15) is 17.3 Å². The maximum Gasteiger partial charge on any atom is 0.408 e. The molecule has 7 heteroatoms. The van der Waals surface area contributed by atoms with Gasteiger partial charge in [0, 0.05) is 25.4 Å². The zero-order valence-corrected chi connectivity index (χ0v) is 17.8. The molecular formula is C23H28N4O3. The first-order valence-corrected chi connectivity index (χ1v) is 9.98. The third-order valence-corrected chi connectivity index (χ3v) is 4.43. The van der Waals surface area contributed by atoms with Crippen molar-refractivity contribution in [3.63, 3.8) is 0 Å². The molecule has 0 saturated carbocycles. The van der Waals surface area contributed by atoms with E-state index in [1.165, 1.54) is 0 Å². The minimum atomic E-state index is -0.846. The smallest absolute Gasteiger partial charge is 0.408 e. The van der Waals surface area contributed by atoms with E-state index in [9.17, 15) is 9.59 Å². The quantitative estimate of drug-likeness (QED) is 0.653. The van der Waals surface area contributed by atoms with Gasteiger partial charge in [0.05, 0.1) is 5.69 Å². The number of ether oxygens (including phenoxy) is 1. The third-order valence-electron chi connectivity index (χ3n) is 4.43. The van der Waals surface area contributed by atoms with Crippen LogP contribution in [0.2, 0.25) is 0 Å². The van der Waals surface area contributed by atoms with Crippen molar-refractivity contribution >= 4 is 17.6 Å². The number of nitrogens with one attached hydrogen (secondary N) is 2. The van der Waals surface area contributed by atoms with Gasteiger partial charge in [0.2, 0.25) is 5.91 Å². The number of imidazole rings is 1. The predicted molar refractivity (Wildman–Crippen MR) is 115 cm³/mol. The second-order valence-corrected chi connectivity index (χ2v) is 8.23. The molecule has 0 spiro atoms. The Labute approximate surface area is 176 Å². The molecule has 0 radical (unpaired) electrons. The zero-order valence-electron chi connectivity index (χ0n) is 17.8.